The monoisotopic (exact) mass is 398 g/mol. The van der Waals surface area contributed by atoms with Crippen molar-refractivity contribution in [2.24, 2.45) is 7.05 Å². The minimum absolute atomic E-state index is 0.314. The molecule has 6 heteroatoms. The van der Waals surface area contributed by atoms with Crippen LogP contribution in [0.25, 0.3) is 0 Å². The number of aromatic nitrogens is 2. The lowest BCUT2D eigenvalue weighted by molar-refractivity contribution is -0.107. The quantitative estimate of drug-likeness (QED) is 0.697. The summed E-state index contributed by atoms with van der Waals surface area (Å²) >= 11 is 6.08. The van der Waals surface area contributed by atoms with Gasteiger partial charge in [0.25, 0.3) is 0 Å². The van der Waals surface area contributed by atoms with Crippen molar-refractivity contribution in [1.29, 1.82) is 0 Å². The first kappa shape index (κ1) is 19.0. The number of benzene rings is 2. The molecular weight excluding hydrogens is 376 g/mol. The van der Waals surface area contributed by atoms with E-state index in [1.165, 1.54) is 0 Å². The Balaban J connectivity index is 1.84. The number of hydrogen-bond acceptors (Lipinski definition) is 4. The highest BCUT2D eigenvalue weighted by Gasteiger charge is 2.40. The van der Waals surface area contributed by atoms with Crippen molar-refractivity contribution in [3.8, 4) is 5.75 Å². The van der Waals surface area contributed by atoms with Crippen LogP contribution in [-0.2, 0) is 17.4 Å². The molecule has 0 unspecified atom stereocenters. The number of rotatable bonds is 5. The number of imidazole rings is 1. The molecular formula is C22H23ClN2O3. The average molecular weight is 399 g/mol. The second kappa shape index (κ2) is 7.95. The summed E-state index contributed by atoms with van der Waals surface area (Å²) < 4.78 is 13.7. The van der Waals surface area contributed by atoms with Gasteiger partial charge in [-0.1, -0.05) is 41.9 Å². The zero-order valence-electron chi connectivity index (χ0n) is 15.7. The second-order valence-corrected chi connectivity index (χ2v) is 7.43. The van der Waals surface area contributed by atoms with Crippen molar-refractivity contribution in [3.63, 3.8) is 0 Å². The van der Waals surface area contributed by atoms with Crippen LogP contribution in [-0.4, -0.2) is 27.6 Å². The van der Waals surface area contributed by atoms with E-state index >= 15 is 0 Å². The minimum atomic E-state index is -1.51. The minimum Gasteiger partial charge on any atom is -0.465 e. The Morgan fingerprint density at radius 1 is 1.18 bits per heavy atom. The molecule has 5 nitrogen and oxygen atoms in total. The molecule has 2 heterocycles. The third-order valence-electron chi connectivity index (χ3n) is 5.08. The largest absolute Gasteiger partial charge is 0.465 e. The molecule has 1 saturated heterocycles. The first-order chi connectivity index (χ1) is 13.6. The van der Waals surface area contributed by atoms with Gasteiger partial charge in [-0.25, -0.2) is 4.98 Å². The Bertz CT molecular complexity index is 935. The summed E-state index contributed by atoms with van der Waals surface area (Å²) in [5.41, 5.74) is -0.235. The van der Waals surface area contributed by atoms with Crippen LogP contribution in [0.1, 0.15) is 36.2 Å². The molecule has 0 saturated carbocycles. The molecule has 3 aromatic rings. The zero-order valence-corrected chi connectivity index (χ0v) is 16.5. The number of ether oxygens (including phenoxy) is 2. The van der Waals surface area contributed by atoms with Crippen molar-refractivity contribution in [2.45, 2.75) is 31.2 Å². The highest BCUT2D eigenvalue weighted by atomic mass is 35.5. The van der Waals surface area contributed by atoms with Crippen LogP contribution in [0.4, 0.5) is 0 Å². The number of para-hydroxylation sites is 1. The SMILES string of the molecule is Cn1ccnc1[C@](O)(c1ccc(Cl)cc1)c1ccccc1O[C@H]1CCCCO1. The van der Waals surface area contributed by atoms with E-state index in [-0.39, 0.29) is 6.29 Å². The lowest BCUT2D eigenvalue weighted by Gasteiger charge is -2.32. The molecule has 1 aliphatic rings. The smallest absolute Gasteiger partial charge is 0.199 e. The molecule has 28 heavy (non-hydrogen) atoms. The van der Waals surface area contributed by atoms with Crippen molar-refractivity contribution in [3.05, 3.63) is 82.9 Å². The summed E-state index contributed by atoms with van der Waals surface area (Å²) in [6.45, 7) is 0.688. The van der Waals surface area contributed by atoms with E-state index in [0.717, 1.165) is 19.3 Å². The summed E-state index contributed by atoms with van der Waals surface area (Å²) in [4.78, 5) is 4.44. The average Bonchev–Trinajstić information content (AvgIpc) is 3.16. The molecule has 0 amide bonds. The summed E-state index contributed by atoms with van der Waals surface area (Å²) in [5, 5.41) is 12.7. The van der Waals surface area contributed by atoms with Crippen LogP contribution >= 0.6 is 11.6 Å². The maximum Gasteiger partial charge on any atom is 0.199 e. The van der Waals surface area contributed by atoms with Gasteiger partial charge in [0.15, 0.2) is 11.9 Å². The van der Waals surface area contributed by atoms with Gasteiger partial charge in [-0.05, 0) is 36.6 Å². The topological polar surface area (TPSA) is 56.5 Å². The Morgan fingerprint density at radius 2 is 1.96 bits per heavy atom. The molecule has 1 fully saturated rings. The molecule has 1 aromatic heterocycles. The van der Waals surface area contributed by atoms with Gasteiger partial charge in [0.2, 0.25) is 0 Å². The molecule has 0 aliphatic carbocycles. The van der Waals surface area contributed by atoms with Crippen LogP contribution in [0.2, 0.25) is 5.02 Å². The van der Waals surface area contributed by atoms with Crippen molar-refractivity contribution in [1.82, 2.24) is 9.55 Å². The molecule has 4 rings (SSSR count). The second-order valence-electron chi connectivity index (χ2n) is 6.99. The zero-order chi connectivity index (χ0) is 19.6. The van der Waals surface area contributed by atoms with E-state index in [9.17, 15) is 5.11 Å². The van der Waals surface area contributed by atoms with Gasteiger partial charge >= 0.3 is 0 Å². The van der Waals surface area contributed by atoms with Gasteiger partial charge in [0.1, 0.15) is 11.6 Å². The van der Waals surface area contributed by atoms with Gasteiger partial charge in [0.05, 0.1) is 6.61 Å². The molecule has 0 bridgehead atoms. The first-order valence-electron chi connectivity index (χ1n) is 9.43. The van der Waals surface area contributed by atoms with Gasteiger partial charge < -0.3 is 19.1 Å². The maximum absolute atomic E-state index is 12.0. The fourth-order valence-electron chi connectivity index (χ4n) is 3.62. The standard InChI is InChI=1S/C22H23ClN2O3/c1-25-14-13-24-21(25)22(26,16-9-11-17(23)12-10-16)18-6-2-3-7-19(18)28-20-8-4-5-15-27-20/h2-3,6-7,9-14,20,26H,4-5,8,15H2,1H3/t20-,22-/m0/s1. The van der Waals surface area contributed by atoms with Crippen molar-refractivity contribution < 1.29 is 14.6 Å². The summed E-state index contributed by atoms with van der Waals surface area (Å²) in [7, 11) is 1.86. The van der Waals surface area contributed by atoms with E-state index in [1.54, 1.807) is 18.3 Å². The molecule has 1 N–H and O–H groups in total. The molecule has 146 valence electrons. The van der Waals surface area contributed by atoms with Crippen molar-refractivity contribution >= 4 is 11.6 Å². The van der Waals surface area contributed by atoms with Crippen molar-refractivity contribution in [2.75, 3.05) is 6.61 Å². The predicted octanol–water partition coefficient (Wildman–Crippen LogP) is 4.26. The summed E-state index contributed by atoms with van der Waals surface area (Å²) in [5.74, 6) is 1.07. The highest BCUT2D eigenvalue weighted by molar-refractivity contribution is 6.30. The van der Waals surface area contributed by atoms with Crippen LogP contribution in [0.5, 0.6) is 5.75 Å². The number of aryl methyl sites for hydroxylation is 1. The van der Waals surface area contributed by atoms with E-state index in [2.05, 4.69) is 4.98 Å². The van der Waals surface area contributed by atoms with Gasteiger partial charge in [0, 0.05) is 36.4 Å². The van der Waals surface area contributed by atoms with E-state index in [0.29, 0.717) is 34.3 Å². The normalized spacial score (nSPS) is 19.2. The van der Waals surface area contributed by atoms with Crippen LogP contribution in [0.15, 0.2) is 60.9 Å². The first-order valence-corrected chi connectivity index (χ1v) is 9.81. The predicted molar refractivity (Wildman–Crippen MR) is 107 cm³/mol. The lowest BCUT2D eigenvalue weighted by atomic mass is 9.84. The third kappa shape index (κ3) is 3.53. The number of hydrogen-bond donors (Lipinski definition) is 1. The van der Waals surface area contributed by atoms with E-state index in [1.807, 2.05) is 54.2 Å². The summed E-state index contributed by atoms with van der Waals surface area (Å²) in [6.07, 6.45) is 6.10. The fourth-order valence-corrected chi connectivity index (χ4v) is 3.75. The van der Waals surface area contributed by atoms with Crippen LogP contribution < -0.4 is 4.74 Å². The third-order valence-corrected chi connectivity index (χ3v) is 5.33. The molecule has 2 atom stereocenters. The van der Waals surface area contributed by atoms with E-state index in [4.69, 9.17) is 21.1 Å². The molecule has 2 aromatic carbocycles. The molecule has 0 spiro atoms. The maximum atomic E-state index is 12.0. The number of nitrogens with zero attached hydrogens (tertiary/aromatic N) is 2. The number of halogens is 1. The van der Waals surface area contributed by atoms with E-state index < -0.39 is 5.60 Å². The number of aliphatic hydroxyl groups is 1. The Morgan fingerprint density at radius 3 is 2.64 bits per heavy atom. The van der Waals surface area contributed by atoms with Gasteiger partial charge in [-0.15, -0.1) is 0 Å². The van der Waals surface area contributed by atoms with Gasteiger partial charge in [-0.3, -0.25) is 0 Å². The van der Waals surface area contributed by atoms with Gasteiger partial charge in [-0.2, -0.15) is 0 Å². The molecule has 0 radical (unpaired) electrons. The summed E-state index contributed by atoms with van der Waals surface area (Å²) in [6, 6.07) is 14.6. The Hall–Kier alpha value is -2.34. The Kier molecular flexibility index (Phi) is 5.40. The fraction of sp³-hybridized carbons (Fsp3) is 0.318. The molecule has 1 aliphatic heterocycles. The highest BCUT2D eigenvalue weighted by Crippen LogP contribution is 2.41. The van der Waals surface area contributed by atoms with Crippen LogP contribution in [0.3, 0.4) is 0 Å². The Labute approximate surface area is 169 Å². The van der Waals surface area contributed by atoms with Crippen LogP contribution in [0, 0.1) is 0 Å². The lowest BCUT2D eigenvalue weighted by Crippen LogP contribution is -2.34.